The summed E-state index contributed by atoms with van der Waals surface area (Å²) < 4.78 is 16.8. The average molecular weight is 958 g/mol. The van der Waals surface area contributed by atoms with Crippen LogP contribution in [-0.2, 0) is 28.6 Å². The number of hydrogen-bond acceptors (Lipinski definition) is 6. The highest BCUT2D eigenvalue weighted by Gasteiger charge is 2.19. The lowest BCUT2D eigenvalue weighted by atomic mass is 10.0. The van der Waals surface area contributed by atoms with Gasteiger partial charge in [0.1, 0.15) is 13.2 Å². The van der Waals surface area contributed by atoms with Crippen LogP contribution in [0.1, 0.15) is 335 Å². The summed E-state index contributed by atoms with van der Waals surface area (Å²) in [7, 11) is 0. The molecule has 0 radical (unpaired) electrons. The number of carbonyl (C=O) groups excluding carboxylic acids is 3. The lowest BCUT2D eigenvalue weighted by molar-refractivity contribution is -0.167. The molecule has 68 heavy (non-hydrogen) atoms. The Bertz CT molecular complexity index is 1100. The standard InChI is InChI=1S/C62H116O6/c1-4-7-10-13-16-19-21-22-23-24-25-26-27-28-29-30-31-32-33-34-35-36-37-38-39-40-42-43-46-49-52-55-61(64)67-58-59(57-66-60(63)54-51-48-45-18-15-12-9-6-3)68-62(65)56-53-50-47-44-41-20-17-14-11-8-5-2/h14,17,24-25,59H,4-13,15-16,18-23,26-58H2,1-3H3/b17-14-,25-24-. The van der Waals surface area contributed by atoms with Gasteiger partial charge < -0.3 is 14.2 Å². The molecule has 0 saturated carbocycles. The zero-order valence-corrected chi connectivity index (χ0v) is 45.9. The van der Waals surface area contributed by atoms with Crippen molar-refractivity contribution < 1.29 is 28.6 Å². The third kappa shape index (κ3) is 54.8. The van der Waals surface area contributed by atoms with E-state index in [0.717, 1.165) is 64.2 Å². The van der Waals surface area contributed by atoms with Crippen LogP contribution in [0.3, 0.4) is 0 Å². The second-order valence-electron chi connectivity index (χ2n) is 20.6. The molecule has 0 spiro atoms. The SMILES string of the molecule is CCCC/C=C\CCCCCCCC(=O)OC(COC(=O)CCCCCCCCCC)COC(=O)CCCCCCCCCCCCCCCCCCCCC/C=C\CCCCCCCCCC. The van der Waals surface area contributed by atoms with Gasteiger partial charge in [-0.1, -0.05) is 276 Å². The third-order valence-corrected chi connectivity index (χ3v) is 13.7. The van der Waals surface area contributed by atoms with Crippen molar-refractivity contribution in [3.63, 3.8) is 0 Å². The molecule has 0 aliphatic rings. The molecule has 0 bridgehead atoms. The lowest BCUT2D eigenvalue weighted by Crippen LogP contribution is -2.30. The van der Waals surface area contributed by atoms with Gasteiger partial charge in [-0.3, -0.25) is 14.4 Å². The van der Waals surface area contributed by atoms with Gasteiger partial charge in [-0.15, -0.1) is 0 Å². The van der Waals surface area contributed by atoms with Crippen molar-refractivity contribution in [1.29, 1.82) is 0 Å². The number of carbonyl (C=O) groups is 3. The lowest BCUT2D eigenvalue weighted by Gasteiger charge is -2.18. The first kappa shape index (κ1) is 65.9. The molecule has 0 saturated heterocycles. The quantitative estimate of drug-likeness (QED) is 0.0262. The summed E-state index contributed by atoms with van der Waals surface area (Å²) in [5, 5.41) is 0. The van der Waals surface area contributed by atoms with E-state index >= 15 is 0 Å². The number of rotatable bonds is 56. The van der Waals surface area contributed by atoms with Gasteiger partial charge in [0.05, 0.1) is 0 Å². The zero-order chi connectivity index (χ0) is 49.3. The molecule has 400 valence electrons. The maximum atomic E-state index is 12.7. The summed E-state index contributed by atoms with van der Waals surface area (Å²) in [5.74, 6) is -0.868. The molecule has 0 aromatic carbocycles. The van der Waals surface area contributed by atoms with E-state index in [2.05, 4.69) is 45.1 Å². The molecule has 6 heteroatoms. The van der Waals surface area contributed by atoms with Gasteiger partial charge in [-0.25, -0.2) is 0 Å². The number of hydrogen-bond donors (Lipinski definition) is 0. The summed E-state index contributed by atoms with van der Waals surface area (Å²) >= 11 is 0. The van der Waals surface area contributed by atoms with Gasteiger partial charge in [0.15, 0.2) is 6.10 Å². The Morgan fingerprint density at radius 3 is 0.779 bits per heavy atom. The number of allylic oxidation sites excluding steroid dienone is 4. The van der Waals surface area contributed by atoms with Crippen LogP contribution in [0.5, 0.6) is 0 Å². The van der Waals surface area contributed by atoms with E-state index in [9.17, 15) is 14.4 Å². The second kappa shape index (κ2) is 57.5. The first-order valence-corrected chi connectivity index (χ1v) is 30.3. The van der Waals surface area contributed by atoms with Crippen LogP contribution in [0.4, 0.5) is 0 Å². The molecule has 0 heterocycles. The summed E-state index contributed by atoms with van der Waals surface area (Å²) in [4.78, 5) is 37.9. The van der Waals surface area contributed by atoms with E-state index in [1.54, 1.807) is 0 Å². The maximum Gasteiger partial charge on any atom is 0.306 e. The molecule has 6 nitrogen and oxygen atoms in total. The van der Waals surface area contributed by atoms with E-state index in [1.807, 2.05) is 0 Å². The summed E-state index contributed by atoms with van der Waals surface area (Å²) in [5.41, 5.74) is 0. The van der Waals surface area contributed by atoms with Gasteiger partial charge in [-0.2, -0.15) is 0 Å². The Kier molecular flexibility index (Phi) is 55.7. The minimum absolute atomic E-state index is 0.0700. The molecule has 0 fully saturated rings. The average Bonchev–Trinajstić information content (AvgIpc) is 3.34. The smallest absolute Gasteiger partial charge is 0.306 e. The molecule has 0 aliphatic carbocycles. The van der Waals surface area contributed by atoms with Crippen molar-refractivity contribution in [2.24, 2.45) is 0 Å². The van der Waals surface area contributed by atoms with Gasteiger partial charge in [0.25, 0.3) is 0 Å². The monoisotopic (exact) mass is 957 g/mol. The fraction of sp³-hybridized carbons (Fsp3) is 0.887. The molecule has 1 unspecified atom stereocenters. The predicted molar refractivity (Wildman–Crippen MR) is 293 cm³/mol. The van der Waals surface area contributed by atoms with Gasteiger partial charge in [0, 0.05) is 19.3 Å². The van der Waals surface area contributed by atoms with Crippen LogP contribution in [0, 0.1) is 0 Å². The summed E-state index contributed by atoms with van der Waals surface area (Å²) in [6, 6.07) is 0. The number of esters is 3. The molecule has 0 aliphatic heterocycles. The minimum Gasteiger partial charge on any atom is -0.462 e. The van der Waals surface area contributed by atoms with Crippen LogP contribution in [0.2, 0.25) is 0 Å². The van der Waals surface area contributed by atoms with Crippen molar-refractivity contribution in [3.8, 4) is 0 Å². The Morgan fingerprint density at radius 2 is 0.500 bits per heavy atom. The first-order valence-electron chi connectivity index (χ1n) is 30.3. The van der Waals surface area contributed by atoms with E-state index < -0.39 is 6.10 Å². The largest absolute Gasteiger partial charge is 0.462 e. The van der Waals surface area contributed by atoms with Gasteiger partial charge >= 0.3 is 17.9 Å². The van der Waals surface area contributed by atoms with Gasteiger partial charge in [0.2, 0.25) is 0 Å². The summed E-state index contributed by atoms with van der Waals surface area (Å²) in [6.07, 6.45) is 67.9. The minimum atomic E-state index is -0.768. The molecule has 0 N–H and O–H groups in total. The second-order valence-corrected chi connectivity index (χ2v) is 20.6. The van der Waals surface area contributed by atoms with Gasteiger partial charge in [-0.05, 0) is 64.2 Å². The highest BCUT2D eigenvalue weighted by Crippen LogP contribution is 2.17. The highest BCUT2D eigenvalue weighted by molar-refractivity contribution is 5.71. The Morgan fingerprint density at radius 1 is 0.279 bits per heavy atom. The molecular weight excluding hydrogens is 841 g/mol. The Hall–Kier alpha value is -2.11. The molecule has 0 aromatic rings. The highest BCUT2D eigenvalue weighted by atomic mass is 16.6. The molecular formula is C62H116O6. The fourth-order valence-corrected chi connectivity index (χ4v) is 9.07. The third-order valence-electron chi connectivity index (χ3n) is 13.7. The van der Waals surface area contributed by atoms with Crippen LogP contribution < -0.4 is 0 Å². The van der Waals surface area contributed by atoms with E-state index in [0.29, 0.717) is 19.3 Å². The first-order chi connectivity index (χ1) is 33.5. The van der Waals surface area contributed by atoms with Crippen LogP contribution in [-0.4, -0.2) is 37.2 Å². The zero-order valence-electron chi connectivity index (χ0n) is 45.9. The predicted octanol–water partition coefficient (Wildman–Crippen LogP) is 20.3. The number of unbranched alkanes of at least 4 members (excludes halogenated alkanes) is 41. The van der Waals surface area contributed by atoms with Crippen molar-refractivity contribution in [3.05, 3.63) is 24.3 Å². The van der Waals surface area contributed by atoms with Crippen molar-refractivity contribution in [1.82, 2.24) is 0 Å². The maximum absolute atomic E-state index is 12.7. The van der Waals surface area contributed by atoms with E-state index in [4.69, 9.17) is 14.2 Å². The number of ether oxygens (including phenoxy) is 3. The topological polar surface area (TPSA) is 78.9 Å². The van der Waals surface area contributed by atoms with E-state index in [1.165, 1.54) is 231 Å². The summed E-state index contributed by atoms with van der Waals surface area (Å²) in [6.45, 7) is 6.60. The molecule has 1 atom stereocenters. The van der Waals surface area contributed by atoms with E-state index in [-0.39, 0.29) is 31.1 Å². The molecule has 0 amide bonds. The normalized spacial score (nSPS) is 12.1. The Balaban J connectivity index is 3.94. The molecule has 0 aromatic heterocycles. The van der Waals surface area contributed by atoms with Crippen LogP contribution in [0.25, 0.3) is 0 Å². The van der Waals surface area contributed by atoms with Crippen molar-refractivity contribution in [2.45, 2.75) is 341 Å². The van der Waals surface area contributed by atoms with Crippen molar-refractivity contribution >= 4 is 17.9 Å². The van der Waals surface area contributed by atoms with Crippen LogP contribution >= 0.6 is 0 Å². The van der Waals surface area contributed by atoms with Crippen LogP contribution in [0.15, 0.2) is 24.3 Å². The Labute approximate surface area is 423 Å². The van der Waals surface area contributed by atoms with Crippen molar-refractivity contribution in [2.75, 3.05) is 13.2 Å². The fourth-order valence-electron chi connectivity index (χ4n) is 9.07. The molecule has 0 rings (SSSR count).